The molecule has 0 amide bonds. The van der Waals surface area contributed by atoms with Crippen LogP contribution in [-0.4, -0.2) is 5.11 Å². The number of hydrogen-bond donors (Lipinski definition) is 2. The summed E-state index contributed by atoms with van der Waals surface area (Å²) in [6.07, 6.45) is 2.15. The van der Waals surface area contributed by atoms with E-state index in [0.717, 1.165) is 12.8 Å². The molecule has 98 valence electrons. The summed E-state index contributed by atoms with van der Waals surface area (Å²) < 4.78 is 0. The van der Waals surface area contributed by atoms with Crippen molar-refractivity contribution < 1.29 is 5.11 Å². The Hall–Kier alpha value is -1.80. The SMILES string of the molecule is CC(NC1CCc2cc(O)ccc21)c1ccccc1. The molecular weight excluding hydrogens is 234 g/mol. The lowest BCUT2D eigenvalue weighted by molar-refractivity contribution is 0.464. The van der Waals surface area contributed by atoms with Crippen LogP contribution < -0.4 is 5.32 Å². The normalized spacial score (nSPS) is 19.1. The highest BCUT2D eigenvalue weighted by Gasteiger charge is 2.23. The molecule has 0 aliphatic heterocycles. The summed E-state index contributed by atoms with van der Waals surface area (Å²) in [6.45, 7) is 2.20. The summed E-state index contributed by atoms with van der Waals surface area (Å²) in [6, 6.07) is 17.0. The highest BCUT2D eigenvalue weighted by atomic mass is 16.3. The fraction of sp³-hybridized carbons (Fsp3) is 0.294. The van der Waals surface area contributed by atoms with Crippen LogP contribution in [0.2, 0.25) is 0 Å². The number of phenolic OH excluding ortho intramolecular Hbond substituents is 1. The topological polar surface area (TPSA) is 32.3 Å². The number of aryl methyl sites for hydroxylation is 1. The van der Waals surface area contributed by atoms with E-state index in [-0.39, 0.29) is 0 Å². The van der Waals surface area contributed by atoms with Gasteiger partial charge in [0.15, 0.2) is 0 Å². The maximum absolute atomic E-state index is 9.52. The highest BCUT2D eigenvalue weighted by Crippen LogP contribution is 2.34. The minimum absolute atomic E-state index is 0.339. The van der Waals surface area contributed by atoms with E-state index in [1.54, 1.807) is 6.07 Å². The van der Waals surface area contributed by atoms with Crippen LogP contribution >= 0.6 is 0 Å². The standard InChI is InChI=1S/C17H19NO/c1-12(13-5-3-2-4-6-13)18-17-10-7-14-11-15(19)8-9-16(14)17/h2-6,8-9,11-12,17-19H,7,10H2,1H3. The lowest BCUT2D eigenvalue weighted by atomic mass is 10.0. The van der Waals surface area contributed by atoms with Gasteiger partial charge in [0.25, 0.3) is 0 Å². The first kappa shape index (κ1) is 12.2. The number of nitrogens with one attached hydrogen (secondary N) is 1. The van der Waals surface area contributed by atoms with Crippen LogP contribution in [0.4, 0.5) is 0 Å². The summed E-state index contributed by atoms with van der Waals surface area (Å²) in [5.41, 5.74) is 3.92. The Morgan fingerprint density at radius 1 is 1.16 bits per heavy atom. The second-order valence-electron chi connectivity index (χ2n) is 5.27. The van der Waals surface area contributed by atoms with Crippen LogP contribution in [0.15, 0.2) is 48.5 Å². The minimum atomic E-state index is 0.339. The van der Waals surface area contributed by atoms with Crippen molar-refractivity contribution in [2.24, 2.45) is 0 Å². The lowest BCUT2D eigenvalue weighted by Crippen LogP contribution is -2.22. The van der Waals surface area contributed by atoms with Crippen molar-refractivity contribution in [3.8, 4) is 5.75 Å². The maximum Gasteiger partial charge on any atom is 0.115 e. The van der Waals surface area contributed by atoms with E-state index in [1.807, 2.05) is 18.2 Å². The lowest BCUT2D eigenvalue weighted by Gasteiger charge is -2.20. The van der Waals surface area contributed by atoms with Crippen molar-refractivity contribution in [1.82, 2.24) is 5.32 Å². The van der Waals surface area contributed by atoms with E-state index in [0.29, 0.717) is 17.8 Å². The van der Waals surface area contributed by atoms with Crippen molar-refractivity contribution in [3.63, 3.8) is 0 Å². The van der Waals surface area contributed by atoms with Gasteiger partial charge in [0.2, 0.25) is 0 Å². The molecule has 2 heteroatoms. The van der Waals surface area contributed by atoms with Crippen LogP contribution in [0.5, 0.6) is 5.75 Å². The molecule has 0 heterocycles. The number of rotatable bonds is 3. The second kappa shape index (κ2) is 5.06. The zero-order valence-corrected chi connectivity index (χ0v) is 11.1. The van der Waals surface area contributed by atoms with Gasteiger partial charge in [-0.05, 0) is 48.6 Å². The molecule has 2 nitrogen and oxygen atoms in total. The molecule has 2 aromatic carbocycles. The zero-order valence-electron chi connectivity index (χ0n) is 11.1. The zero-order chi connectivity index (χ0) is 13.2. The molecule has 2 N–H and O–H groups in total. The molecule has 2 aromatic rings. The van der Waals surface area contributed by atoms with Crippen LogP contribution in [0, 0.1) is 0 Å². The largest absolute Gasteiger partial charge is 0.508 e. The average molecular weight is 253 g/mol. The third-order valence-corrected chi connectivity index (χ3v) is 3.96. The van der Waals surface area contributed by atoms with Gasteiger partial charge in [-0.3, -0.25) is 0 Å². The Bertz CT molecular complexity index is 565. The van der Waals surface area contributed by atoms with Gasteiger partial charge in [0.05, 0.1) is 0 Å². The quantitative estimate of drug-likeness (QED) is 0.873. The monoisotopic (exact) mass is 253 g/mol. The van der Waals surface area contributed by atoms with Crippen molar-refractivity contribution in [1.29, 1.82) is 0 Å². The summed E-state index contributed by atoms with van der Waals surface area (Å²) in [4.78, 5) is 0. The molecule has 19 heavy (non-hydrogen) atoms. The number of benzene rings is 2. The van der Waals surface area contributed by atoms with Crippen molar-refractivity contribution in [2.75, 3.05) is 0 Å². The first-order chi connectivity index (χ1) is 9.24. The van der Waals surface area contributed by atoms with Crippen molar-refractivity contribution in [2.45, 2.75) is 31.8 Å². The molecule has 0 radical (unpaired) electrons. The molecule has 2 atom stereocenters. The summed E-state index contributed by atoms with van der Waals surface area (Å²) in [5.74, 6) is 0.371. The summed E-state index contributed by atoms with van der Waals surface area (Å²) >= 11 is 0. The van der Waals surface area contributed by atoms with E-state index in [9.17, 15) is 5.11 Å². The van der Waals surface area contributed by atoms with Gasteiger partial charge in [-0.25, -0.2) is 0 Å². The minimum Gasteiger partial charge on any atom is -0.508 e. The van der Waals surface area contributed by atoms with Gasteiger partial charge < -0.3 is 10.4 Å². The van der Waals surface area contributed by atoms with Crippen LogP contribution in [-0.2, 0) is 6.42 Å². The number of phenols is 1. The number of fused-ring (bicyclic) bond motifs is 1. The first-order valence-corrected chi connectivity index (χ1v) is 6.87. The molecule has 2 unspecified atom stereocenters. The second-order valence-corrected chi connectivity index (χ2v) is 5.27. The maximum atomic E-state index is 9.52. The van der Waals surface area contributed by atoms with E-state index < -0.39 is 0 Å². The highest BCUT2D eigenvalue weighted by molar-refractivity contribution is 5.40. The smallest absolute Gasteiger partial charge is 0.115 e. The predicted octanol–water partition coefficient (Wildman–Crippen LogP) is 3.73. The van der Waals surface area contributed by atoms with E-state index >= 15 is 0 Å². The number of hydrogen-bond acceptors (Lipinski definition) is 2. The van der Waals surface area contributed by atoms with Gasteiger partial charge in [0, 0.05) is 12.1 Å². The van der Waals surface area contributed by atoms with Gasteiger partial charge in [-0.15, -0.1) is 0 Å². The van der Waals surface area contributed by atoms with Crippen LogP contribution in [0.25, 0.3) is 0 Å². The average Bonchev–Trinajstić information content (AvgIpc) is 2.82. The first-order valence-electron chi connectivity index (χ1n) is 6.87. The fourth-order valence-electron chi connectivity index (χ4n) is 2.92. The molecule has 0 saturated carbocycles. The Balaban J connectivity index is 1.76. The molecule has 0 saturated heterocycles. The molecule has 0 bridgehead atoms. The molecule has 0 aromatic heterocycles. The van der Waals surface area contributed by atoms with Gasteiger partial charge >= 0.3 is 0 Å². The fourth-order valence-corrected chi connectivity index (χ4v) is 2.92. The third kappa shape index (κ3) is 2.49. The Kier molecular flexibility index (Phi) is 3.26. The Labute approximate surface area is 114 Å². The molecular formula is C17H19NO. The van der Waals surface area contributed by atoms with Gasteiger partial charge in [0.1, 0.15) is 5.75 Å². The Morgan fingerprint density at radius 2 is 1.95 bits per heavy atom. The molecule has 1 aliphatic carbocycles. The van der Waals surface area contributed by atoms with E-state index in [1.165, 1.54) is 16.7 Å². The molecule has 0 spiro atoms. The Morgan fingerprint density at radius 3 is 2.74 bits per heavy atom. The third-order valence-electron chi connectivity index (χ3n) is 3.96. The van der Waals surface area contributed by atoms with Crippen molar-refractivity contribution in [3.05, 3.63) is 65.2 Å². The van der Waals surface area contributed by atoms with Gasteiger partial charge in [-0.1, -0.05) is 36.4 Å². The number of aromatic hydroxyl groups is 1. The summed E-state index contributed by atoms with van der Waals surface area (Å²) in [5, 5.41) is 13.2. The van der Waals surface area contributed by atoms with Crippen molar-refractivity contribution >= 4 is 0 Å². The predicted molar refractivity (Wildman–Crippen MR) is 77.2 cm³/mol. The molecule has 0 fully saturated rings. The molecule has 3 rings (SSSR count). The summed E-state index contributed by atoms with van der Waals surface area (Å²) in [7, 11) is 0. The van der Waals surface area contributed by atoms with Crippen LogP contribution in [0.3, 0.4) is 0 Å². The molecule has 1 aliphatic rings. The van der Waals surface area contributed by atoms with E-state index in [2.05, 4.69) is 36.5 Å². The van der Waals surface area contributed by atoms with Crippen LogP contribution in [0.1, 0.15) is 42.1 Å². The van der Waals surface area contributed by atoms with Gasteiger partial charge in [-0.2, -0.15) is 0 Å². The van der Waals surface area contributed by atoms with E-state index in [4.69, 9.17) is 0 Å².